The molecule has 0 unspecified atom stereocenters. The van der Waals surface area contributed by atoms with Crippen molar-refractivity contribution in [2.75, 3.05) is 7.11 Å². The molecule has 0 aliphatic carbocycles. The van der Waals surface area contributed by atoms with E-state index in [0.717, 1.165) is 6.04 Å². The molecule has 0 rings (SSSR count). The Morgan fingerprint density at radius 2 is 1.43 bits per heavy atom. The zero-order chi connectivity index (χ0) is 11.6. The van der Waals surface area contributed by atoms with Crippen LogP contribution in [0.3, 0.4) is 0 Å². The lowest BCUT2D eigenvalue weighted by Gasteiger charge is -2.49. The Balaban J connectivity index is 5.31. The quantitative estimate of drug-likeness (QED) is 0.501. The second-order valence-electron chi connectivity index (χ2n) is 6.02. The van der Waals surface area contributed by atoms with Crippen LogP contribution in [0.15, 0.2) is 12.7 Å². The van der Waals surface area contributed by atoms with E-state index in [1.807, 2.05) is 13.2 Å². The van der Waals surface area contributed by atoms with Crippen LogP contribution in [0.2, 0.25) is 16.1 Å². The fourth-order valence-corrected chi connectivity index (χ4v) is 7.91. The Labute approximate surface area is 90.7 Å². The van der Waals surface area contributed by atoms with Gasteiger partial charge in [0.1, 0.15) is 0 Å². The largest absolute Gasteiger partial charge is 0.419 e. The molecule has 0 aromatic heterocycles. The van der Waals surface area contributed by atoms with E-state index in [4.69, 9.17) is 4.43 Å². The highest BCUT2D eigenvalue weighted by atomic mass is 28.4. The van der Waals surface area contributed by atoms with Gasteiger partial charge in [-0.3, -0.25) is 0 Å². The fraction of sp³-hybridized carbons (Fsp3) is 0.833. The van der Waals surface area contributed by atoms with Gasteiger partial charge in [-0.05, 0) is 16.1 Å². The molecular formula is C12H26OSi. The fourth-order valence-electron chi connectivity index (χ4n) is 2.64. The van der Waals surface area contributed by atoms with Crippen molar-refractivity contribution in [3.8, 4) is 0 Å². The molecule has 0 fully saturated rings. The first-order valence-corrected chi connectivity index (χ1v) is 7.40. The molecule has 0 saturated carbocycles. The number of allylic oxidation sites excluding steroid dienone is 1. The summed E-state index contributed by atoms with van der Waals surface area (Å²) in [5.41, 5.74) is 0. The average Bonchev–Trinajstić information content (AvgIpc) is 1.94. The Morgan fingerprint density at radius 3 is 1.50 bits per heavy atom. The molecule has 0 bridgehead atoms. The van der Waals surface area contributed by atoms with Gasteiger partial charge in [-0.1, -0.05) is 47.6 Å². The molecule has 0 amide bonds. The summed E-state index contributed by atoms with van der Waals surface area (Å²) >= 11 is 0. The van der Waals surface area contributed by atoms with E-state index in [-0.39, 0.29) is 10.1 Å². The second-order valence-corrected chi connectivity index (χ2v) is 11.5. The third-order valence-corrected chi connectivity index (χ3v) is 9.61. The van der Waals surface area contributed by atoms with E-state index in [2.05, 4.69) is 48.1 Å². The Kier molecular flexibility index (Phi) is 4.17. The lowest BCUT2D eigenvalue weighted by molar-refractivity contribution is 0.329. The van der Waals surface area contributed by atoms with Crippen molar-refractivity contribution in [1.29, 1.82) is 0 Å². The zero-order valence-electron chi connectivity index (χ0n) is 10.9. The molecule has 1 nitrogen and oxygen atoms in total. The molecule has 0 saturated heterocycles. The standard InChI is InChI=1S/C12H26OSi/c1-9-10-14(13-8,11(2,3)4)12(5,6)7/h9H,1,10H2,2-8H3. The first kappa shape index (κ1) is 13.9. The molecule has 0 aliphatic rings. The first-order chi connectivity index (χ1) is 6.12. The van der Waals surface area contributed by atoms with Crippen LogP contribution in [-0.2, 0) is 4.43 Å². The maximum absolute atomic E-state index is 5.97. The summed E-state index contributed by atoms with van der Waals surface area (Å²) in [5, 5.41) is 0.488. The molecular weight excluding hydrogens is 188 g/mol. The van der Waals surface area contributed by atoms with Gasteiger partial charge in [0.05, 0.1) is 0 Å². The summed E-state index contributed by atoms with van der Waals surface area (Å²) in [5.74, 6) is 0. The summed E-state index contributed by atoms with van der Waals surface area (Å²) in [6.07, 6.45) is 2.02. The van der Waals surface area contributed by atoms with Gasteiger partial charge in [0.2, 0.25) is 8.32 Å². The van der Waals surface area contributed by atoms with Crippen LogP contribution in [0, 0.1) is 0 Å². The molecule has 0 N–H and O–H groups in total. The highest BCUT2D eigenvalue weighted by Gasteiger charge is 2.53. The van der Waals surface area contributed by atoms with Crippen LogP contribution in [0.4, 0.5) is 0 Å². The molecule has 0 atom stereocenters. The summed E-state index contributed by atoms with van der Waals surface area (Å²) in [4.78, 5) is 0. The lowest BCUT2D eigenvalue weighted by atomic mass is 10.2. The van der Waals surface area contributed by atoms with Crippen LogP contribution in [0.25, 0.3) is 0 Å². The van der Waals surface area contributed by atoms with E-state index in [1.165, 1.54) is 0 Å². The third kappa shape index (κ3) is 2.29. The molecule has 0 aromatic rings. The lowest BCUT2D eigenvalue weighted by Crippen LogP contribution is -2.53. The van der Waals surface area contributed by atoms with E-state index >= 15 is 0 Å². The van der Waals surface area contributed by atoms with Gasteiger partial charge >= 0.3 is 0 Å². The van der Waals surface area contributed by atoms with Crippen molar-refractivity contribution in [1.82, 2.24) is 0 Å². The molecule has 0 aromatic carbocycles. The van der Waals surface area contributed by atoms with Crippen molar-refractivity contribution >= 4 is 8.32 Å². The summed E-state index contributed by atoms with van der Waals surface area (Å²) in [6, 6.07) is 1.02. The molecule has 2 heteroatoms. The van der Waals surface area contributed by atoms with Crippen LogP contribution in [-0.4, -0.2) is 15.4 Å². The average molecular weight is 214 g/mol. The maximum Gasteiger partial charge on any atom is 0.206 e. The number of hydrogen-bond donors (Lipinski definition) is 0. The van der Waals surface area contributed by atoms with Crippen molar-refractivity contribution in [2.24, 2.45) is 0 Å². The summed E-state index contributed by atoms with van der Waals surface area (Å²) < 4.78 is 5.97. The van der Waals surface area contributed by atoms with Gasteiger partial charge in [-0.15, -0.1) is 6.58 Å². The normalized spacial score (nSPS) is 14.2. The zero-order valence-corrected chi connectivity index (χ0v) is 11.9. The van der Waals surface area contributed by atoms with Gasteiger partial charge in [-0.2, -0.15) is 0 Å². The van der Waals surface area contributed by atoms with Crippen molar-refractivity contribution in [2.45, 2.75) is 57.7 Å². The number of rotatable bonds is 3. The SMILES string of the molecule is C=CC[Si](OC)(C(C)(C)C)C(C)(C)C. The second kappa shape index (κ2) is 4.19. The van der Waals surface area contributed by atoms with Gasteiger partial charge in [0, 0.05) is 7.11 Å². The molecule has 14 heavy (non-hydrogen) atoms. The van der Waals surface area contributed by atoms with E-state index in [0.29, 0.717) is 0 Å². The van der Waals surface area contributed by atoms with Gasteiger partial charge < -0.3 is 4.43 Å². The molecule has 0 aliphatic heterocycles. The Bertz CT molecular complexity index is 181. The van der Waals surface area contributed by atoms with Gasteiger partial charge in [-0.25, -0.2) is 0 Å². The van der Waals surface area contributed by atoms with E-state index in [1.54, 1.807) is 0 Å². The first-order valence-electron chi connectivity index (χ1n) is 5.28. The third-order valence-electron chi connectivity index (χ3n) is 3.20. The highest BCUT2D eigenvalue weighted by Crippen LogP contribution is 2.53. The molecule has 0 radical (unpaired) electrons. The highest BCUT2D eigenvalue weighted by molar-refractivity contribution is 6.79. The van der Waals surface area contributed by atoms with Crippen molar-refractivity contribution < 1.29 is 4.43 Å². The van der Waals surface area contributed by atoms with Crippen molar-refractivity contribution in [3.63, 3.8) is 0 Å². The van der Waals surface area contributed by atoms with E-state index < -0.39 is 8.32 Å². The van der Waals surface area contributed by atoms with Crippen LogP contribution in [0.1, 0.15) is 41.5 Å². The smallest absolute Gasteiger partial charge is 0.206 e. The summed E-state index contributed by atoms with van der Waals surface area (Å²) in [7, 11) is 0.0766. The minimum atomic E-state index is -1.79. The maximum atomic E-state index is 5.97. The predicted molar refractivity (Wildman–Crippen MR) is 67.2 cm³/mol. The van der Waals surface area contributed by atoms with Gasteiger partial charge in [0.25, 0.3) is 0 Å². The molecule has 84 valence electrons. The monoisotopic (exact) mass is 214 g/mol. The topological polar surface area (TPSA) is 9.23 Å². The Hall–Kier alpha value is -0.0831. The van der Waals surface area contributed by atoms with E-state index in [9.17, 15) is 0 Å². The van der Waals surface area contributed by atoms with Gasteiger partial charge in [0.15, 0.2) is 0 Å². The predicted octanol–water partition coefficient (Wildman–Crippen LogP) is 4.36. The minimum Gasteiger partial charge on any atom is -0.419 e. The van der Waals surface area contributed by atoms with Crippen LogP contribution >= 0.6 is 0 Å². The van der Waals surface area contributed by atoms with Crippen LogP contribution < -0.4 is 0 Å². The molecule has 0 spiro atoms. The number of hydrogen-bond acceptors (Lipinski definition) is 1. The Morgan fingerprint density at radius 1 is 1.07 bits per heavy atom. The summed E-state index contributed by atoms with van der Waals surface area (Å²) in [6.45, 7) is 17.6. The van der Waals surface area contributed by atoms with Crippen LogP contribution in [0.5, 0.6) is 0 Å². The van der Waals surface area contributed by atoms with Crippen molar-refractivity contribution in [3.05, 3.63) is 12.7 Å². The molecule has 0 heterocycles. The minimum absolute atomic E-state index is 0.244.